The van der Waals surface area contributed by atoms with Crippen LogP contribution < -0.4 is 27.2 Å². The molecule has 1 unspecified atom stereocenters. The zero-order valence-corrected chi connectivity index (χ0v) is 9.19. The number of rotatable bonds is 3. The van der Waals surface area contributed by atoms with E-state index in [0.717, 1.165) is 0 Å². The Bertz CT molecular complexity index is 218. The topological polar surface area (TPSA) is 72.8 Å². The molecule has 0 aromatic rings. The van der Waals surface area contributed by atoms with Crippen molar-refractivity contribution in [3.63, 3.8) is 0 Å². The molecule has 0 spiro atoms. The van der Waals surface area contributed by atoms with Crippen LogP contribution in [0.4, 0.5) is 0 Å². The third-order valence-corrected chi connectivity index (χ3v) is 3.42. The fourth-order valence-electron chi connectivity index (χ4n) is 1.20. The van der Waals surface area contributed by atoms with Crippen LogP contribution in [0.25, 0.3) is 0 Å². The first-order valence-corrected chi connectivity index (χ1v) is 5.77. The van der Waals surface area contributed by atoms with Gasteiger partial charge in [0.25, 0.3) is 0 Å². The SMILES string of the molecule is C=C1CCC(N(CO)[I-]O)C(=O)N1. The van der Waals surface area contributed by atoms with Crippen LogP contribution in [0, 0.1) is 0 Å². The van der Waals surface area contributed by atoms with Crippen molar-refractivity contribution >= 4 is 5.91 Å². The van der Waals surface area contributed by atoms with E-state index in [4.69, 9.17) is 8.54 Å². The van der Waals surface area contributed by atoms with Crippen LogP contribution in [-0.4, -0.2) is 30.3 Å². The summed E-state index contributed by atoms with van der Waals surface area (Å²) in [6.07, 6.45) is 1.32. The molecule has 0 aliphatic carbocycles. The van der Waals surface area contributed by atoms with Gasteiger partial charge in [0.15, 0.2) is 0 Å². The summed E-state index contributed by atoms with van der Waals surface area (Å²) in [4.78, 5) is 11.3. The first kappa shape index (κ1) is 10.9. The van der Waals surface area contributed by atoms with Gasteiger partial charge in [-0.25, -0.2) is 0 Å². The second-order valence-electron chi connectivity index (χ2n) is 2.76. The van der Waals surface area contributed by atoms with E-state index in [1.807, 2.05) is 0 Å². The van der Waals surface area contributed by atoms with E-state index in [2.05, 4.69) is 11.9 Å². The summed E-state index contributed by atoms with van der Waals surface area (Å²) in [5.41, 5.74) is 0.704. The standard InChI is InChI=1S/C7H12IN2O3/c1-5-2-3-6(7(12)9-5)10(4-11)8-13/h6,11,13H,1-4H2,(H,9,12)/q-1. The molecule has 0 saturated carbocycles. The van der Waals surface area contributed by atoms with Gasteiger partial charge >= 0.3 is 87.5 Å². The van der Waals surface area contributed by atoms with Gasteiger partial charge in [0.1, 0.15) is 0 Å². The van der Waals surface area contributed by atoms with E-state index >= 15 is 0 Å². The predicted molar refractivity (Wildman–Crippen MR) is 41.4 cm³/mol. The van der Waals surface area contributed by atoms with Gasteiger partial charge in [-0.1, -0.05) is 0 Å². The second-order valence-corrected chi connectivity index (χ2v) is 4.43. The molecule has 76 valence electrons. The molecule has 1 rings (SSSR count). The van der Waals surface area contributed by atoms with Crippen LogP contribution in [-0.2, 0) is 4.79 Å². The quantitative estimate of drug-likeness (QED) is 0.282. The molecule has 13 heavy (non-hydrogen) atoms. The van der Waals surface area contributed by atoms with Crippen molar-refractivity contribution in [3.05, 3.63) is 12.3 Å². The number of hydrogen-bond donors (Lipinski definition) is 3. The number of aliphatic hydroxyl groups excluding tert-OH is 1. The Balaban J connectivity index is 2.59. The van der Waals surface area contributed by atoms with Gasteiger partial charge in [-0.3, -0.25) is 0 Å². The molecular formula is C7H12IN2O3-. The molecule has 1 atom stereocenters. The van der Waals surface area contributed by atoms with Crippen LogP contribution in [0.15, 0.2) is 12.3 Å². The zero-order chi connectivity index (χ0) is 9.84. The minimum atomic E-state index is -1.23. The Labute approximate surface area is 87.6 Å². The van der Waals surface area contributed by atoms with Crippen molar-refractivity contribution < 1.29 is 35.2 Å². The Kier molecular flexibility index (Phi) is 4.10. The molecular weight excluding hydrogens is 287 g/mol. The number of piperidine rings is 1. The average Bonchev–Trinajstić information content (AvgIpc) is 2.10. The molecule has 1 saturated heterocycles. The predicted octanol–water partition coefficient (Wildman–Crippen LogP) is -4.06. The average molecular weight is 299 g/mol. The summed E-state index contributed by atoms with van der Waals surface area (Å²) >= 11 is -1.23. The number of nitrogens with one attached hydrogen (secondary N) is 1. The van der Waals surface area contributed by atoms with E-state index in [-0.39, 0.29) is 12.6 Å². The third-order valence-electron chi connectivity index (χ3n) is 1.89. The number of carbonyl (C=O) groups is 1. The van der Waals surface area contributed by atoms with Crippen LogP contribution in [0.3, 0.4) is 0 Å². The van der Waals surface area contributed by atoms with Crippen molar-refractivity contribution in [2.45, 2.75) is 18.9 Å². The van der Waals surface area contributed by atoms with Gasteiger partial charge < -0.3 is 0 Å². The number of hydrogen-bond acceptors (Lipinski definition) is 4. The van der Waals surface area contributed by atoms with Gasteiger partial charge in [-0.05, 0) is 0 Å². The maximum absolute atomic E-state index is 11.3. The van der Waals surface area contributed by atoms with Gasteiger partial charge in [0.05, 0.1) is 0 Å². The van der Waals surface area contributed by atoms with Crippen LogP contribution >= 0.6 is 0 Å². The summed E-state index contributed by atoms with van der Waals surface area (Å²) in [6.45, 7) is 3.37. The number of nitrogens with zero attached hydrogens (tertiary/aromatic N) is 1. The van der Waals surface area contributed by atoms with E-state index in [1.165, 1.54) is 3.11 Å². The molecule has 0 radical (unpaired) electrons. The second kappa shape index (κ2) is 4.89. The van der Waals surface area contributed by atoms with Crippen molar-refractivity contribution in [2.24, 2.45) is 0 Å². The van der Waals surface area contributed by atoms with E-state index in [9.17, 15) is 4.79 Å². The molecule has 1 heterocycles. The molecule has 0 bridgehead atoms. The summed E-state index contributed by atoms with van der Waals surface area (Å²) in [6, 6.07) is -0.395. The van der Waals surface area contributed by atoms with Crippen molar-refractivity contribution in [1.82, 2.24) is 8.43 Å². The van der Waals surface area contributed by atoms with Crippen LogP contribution in [0.2, 0.25) is 0 Å². The molecule has 1 fully saturated rings. The number of amides is 1. The van der Waals surface area contributed by atoms with Gasteiger partial charge in [-0.15, -0.1) is 0 Å². The zero-order valence-electron chi connectivity index (χ0n) is 7.03. The van der Waals surface area contributed by atoms with Crippen molar-refractivity contribution in [3.8, 4) is 0 Å². The van der Waals surface area contributed by atoms with E-state index < -0.39 is 27.9 Å². The molecule has 5 nitrogen and oxygen atoms in total. The molecule has 1 amide bonds. The maximum atomic E-state index is 11.3. The van der Waals surface area contributed by atoms with Crippen LogP contribution in [0.1, 0.15) is 12.8 Å². The first-order valence-electron chi connectivity index (χ1n) is 3.84. The number of halogens is 1. The number of aliphatic hydroxyl groups is 1. The Morgan fingerprint density at radius 3 is 2.92 bits per heavy atom. The van der Waals surface area contributed by atoms with Gasteiger partial charge in [0.2, 0.25) is 0 Å². The summed E-state index contributed by atoms with van der Waals surface area (Å²) in [5, 5.41) is 11.5. The fourth-order valence-corrected chi connectivity index (χ4v) is 2.17. The van der Waals surface area contributed by atoms with E-state index in [1.54, 1.807) is 0 Å². The van der Waals surface area contributed by atoms with Crippen LogP contribution in [0.5, 0.6) is 0 Å². The van der Waals surface area contributed by atoms with Gasteiger partial charge in [0, 0.05) is 0 Å². The fraction of sp³-hybridized carbons (Fsp3) is 0.571. The van der Waals surface area contributed by atoms with Crippen molar-refractivity contribution in [1.29, 1.82) is 0 Å². The molecule has 6 heteroatoms. The summed E-state index contributed by atoms with van der Waals surface area (Å²) < 4.78 is 10.3. The monoisotopic (exact) mass is 299 g/mol. The van der Waals surface area contributed by atoms with Gasteiger partial charge in [-0.2, -0.15) is 0 Å². The summed E-state index contributed by atoms with van der Waals surface area (Å²) in [7, 11) is 0. The van der Waals surface area contributed by atoms with Crippen molar-refractivity contribution in [2.75, 3.05) is 6.73 Å². The third kappa shape index (κ3) is 2.63. The number of allylic oxidation sites excluding steroid dienone is 1. The Morgan fingerprint density at radius 2 is 2.46 bits per heavy atom. The first-order chi connectivity index (χ1) is 6.19. The minimum absolute atomic E-state index is 0.181. The molecule has 3 N–H and O–H groups in total. The van der Waals surface area contributed by atoms with E-state index in [0.29, 0.717) is 18.5 Å². The molecule has 0 aromatic carbocycles. The normalized spacial score (nSPS) is 23.8. The summed E-state index contributed by atoms with van der Waals surface area (Å²) in [5.74, 6) is -0.181. The number of carbonyl (C=O) groups excluding carboxylic acids is 1. The molecule has 0 aromatic heterocycles. The molecule has 1 aliphatic heterocycles. The Hall–Kier alpha value is -0.180. The molecule has 1 aliphatic rings. The Morgan fingerprint density at radius 1 is 1.77 bits per heavy atom.